The van der Waals surface area contributed by atoms with Crippen molar-refractivity contribution in [2.24, 2.45) is 5.41 Å². The number of carbonyl (C=O) groups excluding carboxylic acids is 2. The maximum atomic E-state index is 12.5. The van der Waals surface area contributed by atoms with Crippen LogP contribution in [0.25, 0.3) is 0 Å². The zero-order chi connectivity index (χ0) is 25.8. The Morgan fingerprint density at radius 1 is 0.943 bits per heavy atom. The van der Waals surface area contributed by atoms with Crippen LogP contribution in [0.2, 0.25) is 0 Å². The van der Waals surface area contributed by atoms with E-state index >= 15 is 0 Å². The summed E-state index contributed by atoms with van der Waals surface area (Å²) >= 11 is 0. The highest BCUT2D eigenvalue weighted by atomic mass is 16.5. The van der Waals surface area contributed by atoms with Gasteiger partial charge in [0.25, 0.3) is 0 Å². The first kappa shape index (κ1) is 28.7. The van der Waals surface area contributed by atoms with E-state index in [-0.39, 0.29) is 36.9 Å². The Kier molecular flexibility index (Phi) is 11.6. The van der Waals surface area contributed by atoms with Crippen LogP contribution in [0.5, 0.6) is 5.75 Å². The second-order valence-corrected chi connectivity index (χ2v) is 9.67. The first-order valence-electron chi connectivity index (χ1n) is 12.3. The molecule has 0 radical (unpaired) electrons. The number of aliphatic hydroxyl groups is 1. The molecule has 0 aliphatic heterocycles. The van der Waals surface area contributed by atoms with E-state index in [9.17, 15) is 14.7 Å². The zero-order valence-corrected chi connectivity index (χ0v) is 21.7. The summed E-state index contributed by atoms with van der Waals surface area (Å²) in [4.78, 5) is 24.9. The minimum absolute atomic E-state index is 0.0840. The summed E-state index contributed by atoms with van der Waals surface area (Å²) in [6, 6.07) is 17.4. The van der Waals surface area contributed by atoms with Crippen molar-refractivity contribution < 1.29 is 28.9 Å². The lowest BCUT2D eigenvalue weighted by atomic mass is 9.82. The zero-order valence-electron chi connectivity index (χ0n) is 21.7. The molecule has 1 N–H and O–H groups in total. The van der Waals surface area contributed by atoms with Gasteiger partial charge in [0, 0.05) is 18.3 Å². The van der Waals surface area contributed by atoms with Crippen molar-refractivity contribution in [3.63, 3.8) is 0 Å². The third-order valence-corrected chi connectivity index (χ3v) is 6.47. The first-order valence-corrected chi connectivity index (χ1v) is 12.3. The molecule has 35 heavy (non-hydrogen) atoms. The number of methoxy groups -OCH3 is 1. The van der Waals surface area contributed by atoms with Gasteiger partial charge in [-0.15, -0.1) is 0 Å². The standard InChI is InChI=1S/C29H40O6/c1-6-29(3,4)28(32)18-25(31)16-24(30)17-27(21(2)34-19-22-10-8-7-9-11-22)35-20-23-12-14-26(33-5)15-13-23/h7-15,21,24,27,30H,6,16-20H2,1-5H3/t21-,24?,27?/m1/s1. The van der Waals surface area contributed by atoms with Crippen LogP contribution in [0.4, 0.5) is 0 Å². The largest absolute Gasteiger partial charge is 0.497 e. The van der Waals surface area contributed by atoms with Gasteiger partial charge in [-0.25, -0.2) is 0 Å². The van der Waals surface area contributed by atoms with E-state index in [1.807, 2.05) is 82.3 Å². The predicted octanol–water partition coefficient (Wildman–Crippen LogP) is 5.29. The molecule has 2 aromatic carbocycles. The highest BCUT2D eigenvalue weighted by Crippen LogP contribution is 2.24. The number of carbonyl (C=O) groups is 2. The Hall–Kier alpha value is -2.54. The molecule has 0 aromatic heterocycles. The van der Waals surface area contributed by atoms with Crippen LogP contribution in [-0.4, -0.2) is 42.1 Å². The Morgan fingerprint density at radius 2 is 1.54 bits per heavy atom. The second-order valence-electron chi connectivity index (χ2n) is 9.67. The van der Waals surface area contributed by atoms with E-state index in [1.165, 1.54) is 0 Å². The molecule has 192 valence electrons. The average Bonchev–Trinajstić information content (AvgIpc) is 2.85. The van der Waals surface area contributed by atoms with Crippen LogP contribution in [-0.2, 0) is 32.3 Å². The number of hydrogen-bond acceptors (Lipinski definition) is 6. The van der Waals surface area contributed by atoms with Gasteiger partial charge in [0.2, 0.25) is 0 Å². The molecule has 0 aliphatic rings. The number of Topliss-reactive ketones (excluding diaryl/α,β-unsaturated/α-hetero) is 2. The summed E-state index contributed by atoms with van der Waals surface area (Å²) in [7, 11) is 1.62. The summed E-state index contributed by atoms with van der Waals surface area (Å²) in [6.45, 7) is 8.27. The third kappa shape index (κ3) is 9.92. The smallest absolute Gasteiger partial charge is 0.145 e. The first-order chi connectivity index (χ1) is 16.6. The molecule has 2 unspecified atom stereocenters. The molecule has 0 saturated heterocycles. The summed E-state index contributed by atoms with van der Waals surface area (Å²) in [6.07, 6.45) is -1.04. The van der Waals surface area contributed by atoms with Gasteiger partial charge in [-0.05, 0) is 36.6 Å². The van der Waals surface area contributed by atoms with E-state index in [4.69, 9.17) is 14.2 Å². The van der Waals surface area contributed by atoms with Crippen molar-refractivity contribution in [3.05, 3.63) is 65.7 Å². The molecule has 2 aromatic rings. The van der Waals surface area contributed by atoms with Crippen LogP contribution >= 0.6 is 0 Å². The van der Waals surface area contributed by atoms with Crippen LogP contribution in [0, 0.1) is 5.41 Å². The van der Waals surface area contributed by atoms with E-state index in [2.05, 4.69) is 0 Å². The van der Waals surface area contributed by atoms with Gasteiger partial charge in [-0.3, -0.25) is 9.59 Å². The normalized spacial score (nSPS) is 14.2. The van der Waals surface area contributed by atoms with Gasteiger partial charge in [-0.2, -0.15) is 0 Å². The summed E-state index contributed by atoms with van der Waals surface area (Å²) in [5.74, 6) is 0.416. The molecule has 6 nitrogen and oxygen atoms in total. The van der Waals surface area contributed by atoms with E-state index in [1.54, 1.807) is 7.11 Å². The second kappa shape index (κ2) is 14.1. The topological polar surface area (TPSA) is 82.1 Å². The average molecular weight is 485 g/mol. The van der Waals surface area contributed by atoms with Crippen molar-refractivity contribution in [1.82, 2.24) is 0 Å². The summed E-state index contributed by atoms with van der Waals surface area (Å²) in [5.41, 5.74) is 1.47. The fourth-order valence-electron chi connectivity index (χ4n) is 3.53. The quantitative estimate of drug-likeness (QED) is 0.326. The van der Waals surface area contributed by atoms with Gasteiger partial charge >= 0.3 is 0 Å². The van der Waals surface area contributed by atoms with Crippen LogP contribution in [0.1, 0.15) is 64.5 Å². The lowest BCUT2D eigenvalue weighted by Gasteiger charge is -2.27. The molecule has 2 rings (SSSR count). The maximum absolute atomic E-state index is 12.5. The molecule has 0 bridgehead atoms. The third-order valence-electron chi connectivity index (χ3n) is 6.47. The Bertz CT molecular complexity index is 907. The van der Waals surface area contributed by atoms with Crippen molar-refractivity contribution in [2.75, 3.05) is 7.11 Å². The van der Waals surface area contributed by atoms with Crippen LogP contribution < -0.4 is 4.74 Å². The van der Waals surface area contributed by atoms with E-state index < -0.39 is 17.6 Å². The van der Waals surface area contributed by atoms with Crippen molar-refractivity contribution in [3.8, 4) is 5.75 Å². The van der Waals surface area contributed by atoms with Crippen LogP contribution in [0.3, 0.4) is 0 Å². The van der Waals surface area contributed by atoms with Gasteiger partial charge in [0.15, 0.2) is 0 Å². The predicted molar refractivity (Wildman–Crippen MR) is 136 cm³/mol. The van der Waals surface area contributed by atoms with E-state index in [0.29, 0.717) is 19.6 Å². The number of ether oxygens (including phenoxy) is 3. The Balaban J connectivity index is 1.99. The van der Waals surface area contributed by atoms with E-state index in [0.717, 1.165) is 16.9 Å². The molecule has 0 spiro atoms. The molecule has 3 atom stereocenters. The molecule has 0 saturated carbocycles. The maximum Gasteiger partial charge on any atom is 0.145 e. The monoisotopic (exact) mass is 484 g/mol. The molecular weight excluding hydrogens is 444 g/mol. The number of aliphatic hydroxyl groups excluding tert-OH is 1. The van der Waals surface area contributed by atoms with Gasteiger partial charge in [-0.1, -0.05) is 63.2 Å². The summed E-state index contributed by atoms with van der Waals surface area (Å²) in [5, 5.41) is 10.7. The van der Waals surface area contributed by atoms with Crippen molar-refractivity contribution in [1.29, 1.82) is 0 Å². The molecule has 0 fully saturated rings. The molecule has 0 heterocycles. The minimum atomic E-state index is -0.927. The minimum Gasteiger partial charge on any atom is -0.497 e. The van der Waals surface area contributed by atoms with Crippen LogP contribution in [0.15, 0.2) is 54.6 Å². The van der Waals surface area contributed by atoms with Gasteiger partial charge < -0.3 is 19.3 Å². The lowest BCUT2D eigenvalue weighted by Crippen LogP contribution is -2.34. The van der Waals surface area contributed by atoms with Crippen molar-refractivity contribution >= 4 is 11.6 Å². The van der Waals surface area contributed by atoms with Gasteiger partial charge in [0.05, 0.1) is 45.1 Å². The fourth-order valence-corrected chi connectivity index (χ4v) is 3.53. The molecular formula is C29H40O6. The number of hydrogen-bond donors (Lipinski definition) is 1. The number of rotatable bonds is 16. The number of benzene rings is 2. The molecule has 0 aliphatic carbocycles. The molecule has 0 amide bonds. The fraction of sp³-hybridized carbons (Fsp3) is 0.517. The highest BCUT2D eigenvalue weighted by Gasteiger charge is 2.29. The van der Waals surface area contributed by atoms with Gasteiger partial charge in [0.1, 0.15) is 17.3 Å². The highest BCUT2D eigenvalue weighted by molar-refractivity contribution is 6.01. The molecule has 6 heteroatoms. The Labute approximate surface area is 209 Å². The Morgan fingerprint density at radius 3 is 2.14 bits per heavy atom. The SMILES string of the molecule is CCC(C)(C)C(=O)CC(=O)CC(O)CC(OCc1ccc(OC)cc1)[C@@H](C)OCc1ccccc1. The van der Waals surface area contributed by atoms with Crippen molar-refractivity contribution in [2.45, 2.75) is 84.9 Å². The lowest BCUT2D eigenvalue weighted by molar-refractivity contribution is -0.133. The summed E-state index contributed by atoms with van der Waals surface area (Å²) < 4.78 is 17.4. The number of ketones is 2.